The van der Waals surface area contributed by atoms with Gasteiger partial charge >= 0.3 is 12.1 Å². The molecule has 2 aliphatic rings. The number of hydrogen-bond donors (Lipinski definition) is 2. The summed E-state index contributed by atoms with van der Waals surface area (Å²) in [5, 5.41) is 10.6. The summed E-state index contributed by atoms with van der Waals surface area (Å²) in [7, 11) is 0. The van der Waals surface area contributed by atoms with Crippen LogP contribution in [0.4, 0.5) is 13.2 Å². The molecule has 1 saturated heterocycles. The first-order chi connectivity index (χ1) is 15.5. The van der Waals surface area contributed by atoms with E-state index in [1.54, 1.807) is 18.3 Å². The van der Waals surface area contributed by atoms with E-state index in [0.29, 0.717) is 24.2 Å². The molecule has 2 fully saturated rings. The van der Waals surface area contributed by atoms with Gasteiger partial charge in [-0.1, -0.05) is 12.8 Å². The highest BCUT2D eigenvalue weighted by atomic mass is 19.4. The zero-order valence-electron chi connectivity index (χ0n) is 18.4. The van der Waals surface area contributed by atoms with E-state index in [-0.39, 0.29) is 28.5 Å². The zero-order chi connectivity index (χ0) is 24.4. The number of carboxylic acid groups (broad SMARTS) is 1. The van der Waals surface area contributed by atoms with Crippen molar-refractivity contribution in [3.8, 4) is 0 Å². The van der Waals surface area contributed by atoms with E-state index in [1.165, 1.54) is 12.8 Å². The van der Waals surface area contributed by atoms with Gasteiger partial charge in [-0.2, -0.15) is 13.2 Å². The number of carbonyl (C=O) groups excluding carboxylic acids is 1. The third-order valence-corrected chi connectivity index (χ3v) is 5.95. The molecule has 8 nitrogen and oxygen atoms in total. The predicted molar refractivity (Wildman–Crippen MR) is 113 cm³/mol. The number of rotatable bonds is 3. The van der Waals surface area contributed by atoms with E-state index in [4.69, 9.17) is 14.6 Å². The molecule has 0 radical (unpaired) electrons. The molecule has 1 saturated carbocycles. The Labute approximate surface area is 187 Å². The Morgan fingerprint density at radius 3 is 2.52 bits per heavy atom. The van der Waals surface area contributed by atoms with E-state index in [0.717, 1.165) is 25.0 Å². The first-order valence-electron chi connectivity index (χ1n) is 10.7. The minimum atomic E-state index is -5.08. The van der Waals surface area contributed by atoms with Crippen LogP contribution in [0.2, 0.25) is 0 Å². The Hall–Kier alpha value is -2.95. The van der Waals surface area contributed by atoms with Gasteiger partial charge in [0.15, 0.2) is 0 Å². The fraction of sp³-hybridized carbons (Fsp3) is 0.545. The highest BCUT2D eigenvalue weighted by molar-refractivity contribution is 5.97. The number of halogens is 3. The molecule has 180 valence electrons. The maximum atomic E-state index is 12.8. The predicted octanol–water partition coefficient (Wildman–Crippen LogP) is 3.19. The molecule has 0 bridgehead atoms. The fourth-order valence-electron chi connectivity index (χ4n) is 4.33. The number of carboxylic acids is 1. The Morgan fingerprint density at radius 1 is 1.30 bits per heavy atom. The third kappa shape index (κ3) is 5.52. The number of nitrogens with one attached hydrogen (secondary N) is 1. The van der Waals surface area contributed by atoms with Crippen molar-refractivity contribution in [3.63, 3.8) is 0 Å². The lowest BCUT2D eigenvalue weighted by atomic mass is 9.96. The Morgan fingerprint density at radius 2 is 1.94 bits per heavy atom. The summed E-state index contributed by atoms with van der Waals surface area (Å²) in [5.74, 6) is -3.07. The van der Waals surface area contributed by atoms with Crippen molar-refractivity contribution in [2.45, 2.75) is 70.3 Å². The molecule has 2 N–H and O–H groups in total. The van der Waals surface area contributed by atoms with Gasteiger partial charge in [-0.15, -0.1) is 0 Å². The van der Waals surface area contributed by atoms with Crippen molar-refractivity contribution < 1.29 is 32.6 Å². The van der Waals surface area contributed by atoms with Gasteiger partial charge in [0.2, 0.25) is 5.43 Å². The van der Waals surface area contributed by atoms with E-state index < -0.39 is 12.1 Å². The van der Waals surface area contributed by atoms with Crippen LogP contribution < -0.4 is 10.7 Å². The summed E-state index contributed by atoms with van der Waals surface area (Å²) in [6.07, 6.45) is 1.92. The number of alkyl halides is 3. The number of amides is 1. The van der Waals surface area contributed by atoms with Crippen LogP contribution in [0.1, 0.15) is 55.1 Å². The van der Waals surface area contributed by atoms with Crippen LogP contribution in [0, 0.1) is 6.92 Å². The van der Waals surface area contributed by atoms with Crippen molar-refractivity contribution in [1.29, 1.82) is 0 Å². The molecule has 1 aliphatic heterocycles. The summed E-state index contributed by atoms with van der Waals surface area (Å²) in [6, 6.07) is 3.54. The van der Waals surface area contributed by atoms with E-state index in [2.05, 4.69) is 10.3 Å². The maximum Gasteiger partial charge on any atom is 0.490 e. The number of aryl methyl sites for hydroxylation is 2. The number of carbonyl (C=O) groups is 2. The van der Waals surface area contributed by atoms with Gasteiger partial charge in [0.1, 0.15) is 11.2 Å². The molecule has 1 aliphatic carbocycles. The summed E-state index contributed by atoms with van der Waals surface area (Å²) in [4.78, 5) is 39.0. The molecule has 3 heterocycles. The average Bonchev–Trinajstić information content (AvgIpc) is 3.37. The SMILES string of the molecule is CCn1cc(C(=O)NC2COC3(CCCC3)C2)c(=O)c2ccc(C)nc21.O=C(O)C(F)(F)F. The number of fused-ring (bicyclic) bond motifs is 1. The summed E-state index contributed by atoms with van der Waals surface area (Å²) >= 11 is 0. The number of aromatic nitrogens is 2. The monoisotopic (exact) mass is 469 g/mol. The molecule has 11 heteroatoms. The van der Waals surface area contributed by atoms with E-state index in [1.807, 2.05) is 18.4 Å². The number of ether oxygens (including phenoxy) is 1. The minimum absolute atomic E-state index is 0.0260. The van der Waals surface area contributed by atoms with Crippen LogP contribution in [0.3, 0.4) is 0 Å². The van der Waals surface area contributed by atoms with Gasteiger partial charge in [-0.25, -0.2) is 9.78 Å². The molecule has 1 spiro atoms. The second-order valence-electron chi connectivity index (χ2n) is 8.36. The number of nitrogens with zero attached hydrogens (tertiary/aromatic N) is 2. The minimum Gasteiger partial charge on any atom is -0.475 e. The van der Waals surface area contributed by atoms with Gasteiger partial charge in [-0.3, -0.25) is 9.59 Å². The van der Waals surface area contributed by atoms with Gasteiger partial charge in [-0.05, 0) is 45.2 Å². The van der Waals surface area contributed by atoms with Crippen molar-refractivity contribution in [2.24, 2.45) is 0 Å². The highest BCUT2D eigenvalue weighted by Gasteiger charge is 2.43. The van der Waals surface area contributed by atoms with E-state index >= 15 is 0 Å². The Kier molecular flexibility index (Phi) is 7.11. The topological polar surface area (TPSA) is 111 Å². The first kappa shape index (κ1) is 24.7. The second-order valence-corrected chi connectivity index (χ2v) is 8.36. The molecule has 1 amide bonds. The van der Waals surface area contributed by atoms with Crippen LogP contribution in [0.25, 0.3) is 11.0 Å². The highest BCUT2D eigenvalue weighted by Crippen LogP contribution is 2.40. The molecular formula is C22H26F3N3O5. The molecule has 33 heavy (non-hydrogen) atoms. The van der Waals surface area contributed by atoms with Crippen molar-refractivity contribution in [1.82, 2.24) is 14.9 Å². The first-order valence-corrected chi connectivity index (χ1v) is 10.7. The molecule has 2 aromatic heterocycles. The Balaban J connectivity index is 0.000000383. The van der Waals surface area contributed by atoms with Crippen LogP contribution >= 0.6 is 0 Å². The molecule has 1 atom stereocenters. The normalized spacial score (nSPS) is 19.4. The largest absolute Gasteiger partial charge is 0.490 e. The summed E-state index contributed by atoms with van der Waals surface area (Å²) in [6.45, 7) is 5.04. The summed E-state index contributed by atoms with van der Waals surface area (Å²) < 4.78 is 39.6. The fourth-order valence-corrected chi connectivity index (χ4v) is 4.33. The van der Waals surface area contributed by atoms with Gasteiger partial charge < -0.3 is 19.7 Å². The lowest BCUT2D eigenvalue weighted by molar-refractivity contribution is -0.192. The number of pyridine rings is 2. The quantitative estimate of drug-likeness (QED) is 0.715. The number of aliphatic carboxylic acids is 1. The molecule has 1 unspecified atom stereocenters. The molecule has 4 rings (SSSR count). The van der Waals surface area contributed by atoms with Crippen LogP contribution in [-0.4, -0.2) is 51.0 Å². The lowest BCUT2D eigenvalue weighted by Crippen LogP contribution is -2.38. The van der Waals surface area contributed by atoms with Crippen molar-refractivity contribution in [3.05, 3.63) is 39.8 Å². The van der Waals surface area contributed by atoms with Crippen molar-refractivity contribution >= 4 is 22.9 Å². The third-order valence-electron chi connectivity index (χ3n) is 5.95. The standard InChI is InChI=1S/C20H25N3O3.C2HF3O2/c1-3-23-11-16(17(24)15-7-6-13(2)21-18(15)23)19(25)22-14-10-20(26-12-14)8-4-5-9-20;3-2(4,5)1(6)7/h6-7,11,14H,3-5,8-10,12H2,1-2H3,(H,22,25);(H,6,7). The lowest BCUT2D eigenvalue weighted by Gasteiger charge is -2.21. The Bertz CT molecular complexity index is 1110. The van der Waals surface area contributed by atoms with Gasteiger partial charge in [0.25, 0.3) is 5.91 Å². The maximum absolute atomic E-state index is 12.8. The van der Waals surface area contributed by atoms with Gasteiger partial charge in [0.05, 0.1) is 23.6 Å². The van der Waals surface area contributed by atoms with Crippen LogP contribution in [-0.2, 0) is 16.1 Å². The zero-order valence-corrected chi connectivity index (χ0v) is 18.4. The molecular weight excluding hydrogens is 443 g/mol. The smallest absolute Gasteiger partial charge is 0.475 e. The van der Waals surface area contributed by atoms with Crippen molar-refractivity contribution in [2.75, 3.05) is 6.61 Å². The molecule has 2 aromatic rings. The van der Waals surface area contributed by atoms with E-state index in [9.17, 15) is 22.8 Å². The van der Waals surface area contributed by atoms with Gasteiger partial charge in [0, 0.05) is 18.4 Å². The van der Waals surface area contributed by atoms with Crippen LogP contribution in [0.15, 0.2) is 23.1 Å². The molecule has 0 aromatic carbocycles. The summed E-state index contributed by atoms with van der Waals surface area (Å²) in [5.41, 5.74) is 1.35. The number of hydrogen-bond acceptors (Lipinski definition) is 5. The second kappa shape index (κ2) is 9.50. The average molecular weight is 469 g/mol. The van der Waals surface area contributed by atoms with Crippen LogP contribution in [0.5, 0.6) is 0 Å².